The van der Waals surface area contributed by atoms with Gasteiger partial charge in [0, 0.05) is 26.3 Å². The number of carbonyl (C=O) groups is 4. The largest absolute Gasteiger partial charge is 0.463 e. The molecule has 1 saturated heterocycles. The Morgan fingerprint density at radius 1 is 1.00 bits per heavy atom. The van der Waals surface area contributed by atoms with E-state index in [1.807, 2.05) is 0 Å². The Bertz CT molecular complexity index is 1220. The standard InChI is InChI=1S/C23H22FN3O9/c1-12(28)33-11-17-19(34-13(2)29)20(35-14(3)30)22(36-17)27-18(25-21(26-27)23(31)32-4)10-7-15-5-8-16(24)9-6-15/h5-6,8-9,17,19-20,22H,11H2,1-4H3/t17-,19?,20?,22-/m1/s1. The molecule has 0 spiro atoms. The summed E-state index contributed by atoms with van der Waals surface area (Å²) in [4.78, 5) is 51.2. The summed E-state index contributed by atoms with van der Waals surface area (Å²) in [5, 5.41) is 4.09. The van der Waals surface area contributed by atoms with Crippen molar-refractivity contribution in [3.63, 3.8) is 0 Å². The lowest BCUT2D eigenvalue weighted by molar-refractivity contribution is -0.166. The van der Waals surface area contributed by atoms with Gasteiger partial charge in [-0.15, -0.1) is 5.10 Å². The third kappa shape index (κ3) is 6.42. The molecule has 2 unspecified atom stereocenters. The number of aromatic nitrogens is 3. The summed E-state index contributed by atoms with van der Waals surface area (Å²) in [5.41, 5.74) is 0.431. The number of benzene rings is 1. The molecule has 3 rings (SSSR count). The number of ether oxygens (including phenoxy) is 5. The van der Waals surface area contributed by atoms with Crippen LogP contribution in [0.25, 0.3) is 0 Å². The SMILES string of the molecule is COC(=O)c1nc(C#Cc2ccc(F)cc2)n([C@@H]2O[C@H](COC(C)=O)C(OC(C)=O)C2OC(C)=O)n1. The Kier molecular flexibility index (Phi) is 8.34. The fourth-order valence-corrected chi connectivity index (χ4v) is 3.31. The summed E-state index contributed by atoms with van der Waals surface area (Å²) >= 11 is 0. The van der Waals surface area contributed by atoms with Crippen molar-refractivity contribution in [2.24, 2.45) is 0 Å². The molecule has 0 radical (unpaired) electrons. The molecule has 12 nitrogen and oxygen atoms in total. The number of hydrogen-bond acceptors (Lipinski definition) is 11. The highest BCUT2D eigenvalue weighted by atomic mass is 19.1. The van der Waals surface area contributed by atoms with E-state index in [9.17, 15) is 23.6 Å². The summed E-state index contributed by atoms with van der Waals surface area (Å²) in [6.45, 7) is 3.12. The minimum atomic E-state index is -1.29. The van der Waals surface area contributed by atoms with Crippen molar-refractivity contribution in [3.8, 4) is 11.8 Å². The van der Waals surface area contributed by atoms with Crippen LogP contribution in [0.5, 0.6) is 0 Å². The average molecular weight is 503 g/mol. The summed E-state index contributed by atoms with van der Waals surface area (Å²) < 4.78 is 40.6. The first kappa shape index (κ1) is 26.3. The number of nitrogens with zero attached hydrogens (tertiary/aromatic N) is 3. The van der Waals surface area contributed by atoms with Crippen molar-refractivity contribution in [2.75, 3.05) is 13.7 Å². The molecule has 0 saturated carbocycles. The van der Waals surface area contributed by atoms with Crippen molar-refractivity contribution in [3.05, 3.63) is 47.3 Å². The molecular formula is C23H22FN3O9. The Labute approximate surface area is 204 Å². The van der Waals surface area contributed by atoms with Gasteiger partial charge in [-0.3, -0.25) is 14.4 Å². The van der Waals surface area contributed by atoms with Gasteiger partial charge in [0.2, 0.25) is 5.82 Å². The predicted molar refractivity (Wildman–Crippen MR) is 115 cm³/mol. The fraction of sp³-hybridized carbons (Fsp3) is 0.391. The zero-order valence-electron chi connectivity index (χ0n) is 19.7. The maximum absolute atomic E-state index is 13.2. The van der Waals surface area contributed by atoms with E-state index in [2.05, 4.69) is 26.7 Å². The highest BCUT2D eigenvalue weighted by molar-refractivity contribution is 5.85. The summed E-state index contributed by atoms with van der Waals surface area (Å²) in [6, 6.07) is 5.30. The van der Waals surface area contributed by atoms with Crippen LogP contribution in [0.3, 0.4) is 0 Å². The van der Waals surface area contributed by atoms with E-state index in [1.54, 1.807) is 0 Å². The van der Waals surface area contributed by atoms with Gasteiger partial charge in [0.05, 0.1) is 7.11 Å². The highest BCUT2D eigenvalue weighted by Gasteiger charge is 2.51. The van der Waals surface area contributed by atoms with E-state index in [0.29, 0.717) is 5.56 Å². The minimum absolute atomic E-state index is 0.100. The van der Waals surface area contributed by atoms with Crippen molar-refractivity contribution >= 4 is 23.9 Å². The maximum atomic E-state index is 13.2. The molecule has 1 aliphatic heterocycles. The first-order chi connectivity index (χ1) is 17.1. The van der Waals surface area contributed by atoms with E-state index < -0.39 is 54.2 Å². The van der Waals surface area contributed by atoms with E-state index in [4.69, 9.17) is 18.9 Å². The minimum Gasteiger partial charge on any atom is -0.463 e. The molecule has 190 valence electrons. The third-order valence-electron chi connectivity index (χ3n) is 4.74. The molecule has 36 heavy (non-hydrogen) atoms. The summed E-state index contributed by atoms with van der Waals surface area (Å²) in [5.74, 6) is 1.61. The first-order valence-corrected chi connectivity index (χ1v) is 10.5. The number of rotatable bonds is 6. The van der Waals surface area contributed by atoms with Gasteiger partial charge in [-0.25, -0.2) is 13.9 Å². The number of carbonyl (C=O) groups excluding carboxylic acids is 4. The van der Waals surface area contributed by atoms with Gasteiger partial charge in [-0.2, -0.15) is 4.98 Å². The van der Waals surface area contributed by atoms with E-state index in [-0.39, 0.29) is 18.3 Å². The molecule has 0 bridgehead atoms. The van der Waals surface area contributed by atoms with Gasteiger partial charge >= 0.3 is 23.9 Å². The average Bonchev–Trinajstić information content (AvgIpc) is 3.38. The predicted octanol–water partition coefficient (Wildman–Crippen LogP) is 0.927. The van der Waals surface area contributed by atoms with Gasteiger partial charge in [-0.1, -0.05) is 5.92 Å². The van der Waals surface area contributed by atoms with Crippen LogP contribution < -0.4 is 0 Å². The van der Waals surface area contributed by atoms with Crippen LogP contribution in [-0.2, 0) is 38.1 Å². The van der Waals surface area contributed by atoms with Gasteiger partial charge in [0.1, 0.15) is 18.5 Å². The molecule has 13 heteroatoms. The van der Waals surface area contributed by atoms with Gasteiger partial charge in [0.25, 0.3) is 5.82 Å². The molecule has 1 aromatic carbocycles. The van der Waals surface area contributed by atoms with Gasteiger partial charge in [-0.05, 0) is 30.2 Å². The third-order valence-corrected chi connectivity index (χ3v) is 4.74. The normalized spacial score (nSPS) is 20.6. The van der Waals surface area contributed by atoms with Crippen molar-refractivity contribution < 1.29 is 47.3 Å². The van der Waals surface area contributed by atoms with Crippen LogP contribution in [0.1, 0.15) is 49.0 Å². The lowest BCUT2D eigenvalue weighted by Gasteiger charge is -2.23. The van der Waals surface area contributed by atoms with Crippen LogP contribution in [0.2, 0.25) is 0 Å². The molecular weight excluding hydrogens is 481 g/mol. The van der Waals surface area contributed by atoms with E-state index >= 15 is 0 Å². The van der Waals surface area contributed by atoms with Crippen LogP contribution in [0.4, 0.5) is 4.39 Å². The molecule has 0 N–H and O–H groups in total. The van der Waals surface area contributed by atoms with Crippen molar-refractivity contribution in [2.45, 2.75) is 45.3 Å². The van der Waals surface area contributed by atoms with E-state index in [1.165, 1.54) is 31.2 Å². The second kappa shape index (κ2) is 11.4. The molecule has 1 fully saturated rings. The molecule has 0 amide bonds. The Morgan fingerprint density at radius 3 is 2.22 bits per heavy atom. The number of methoxy groups -OCH3 is 1. The van der Waals surface area contributed by atoms with E-state index in [0.717, 1.165) is 25.6 Å². The number of esters is 4. The number of halogens is 1. The zero-order chi connectivity index (χ0) is 26.4. The molecule has 0 aliphatic carbocycles. The van der Waals surface area contributed by atoms with Gasteiger partial charge in [0.15, 0.2) is 18.4 Å². The molecule has 2 heterocycles. The zero-order valence-corrected chi connectivity index (χ0v) is 19.7. The van der Waals surface area contributed by atoms with Crippen LogP contribution in [-0.4, -0.2) is 70.7 Å². The quantitative estimate of drug-likeness (QED) is 0.315. The molecule has 1 aromatic heterocycles. The van der Waals surface area contributed by atoms with Crippen LogP contribution >= 0.6 is 0 Å². The lowest BCUT2D eigenvalue weighted by atomic mass is 10.1. The van der Waals surface area contributed by atoms with Crippen molar-refractivity contribution in [1.29, 1.82) is 0 Å². The second-order valence-electron chi connectivity index (χ2n) is 7.47. The lowest BCUT2D eigenvalue weighted by Crippen LogP contribution is -2.40. The monoisotopic (exact) mass is 503 g/mol. The first-order valence-electron chi connectivity index (χ1n) is 10.5. The molecule has 1 aliphatic rings. The fourth-order valence-electron chi connectivity index (χ4n) is 3.31. The van der Waals surface area contributed by atoms with Crippen LogP contribution in [0.15, 0.2) is 24.3 Å². The Morgan fingerprint density at radius 2 is 1.64 bits per heavy atom. The van der Waals surface area contributed by atoms with Crippen molar-refractivity contribution in [1.82, 2.24) is 14.8 Å². The second-order valence-corrected chi connectivity index (χ2v) is 7.47. The highest BCUT2D eigenvalue weighted by Crippen LogP contribution is 2.34. The smallest absolute Gasteiger partial charge is 0.378 e. The molecule has 2 aromatic rings. The van der Waals surface area contributed by atoms with Gasteiger partial charge < -0.3 is 23.7 Å². The Balaban J connectivity index is 2.07. The topological polar surface area (TPSA) is 145 Å². The summed E-state index contributed by atoms with van der Waals surface area (Å²) in [7, 11) is 1.13. The summed E-state index contributed by atoms with van der Waals surface area (Å²) in [6.07, 6.45) is -4.82. The number of hydrogen-bond donors (Lipinski definition) is 0. The molecule has 4 atom stereocenters. The van der Waals surface area contributed by atoms with Crippen LogP contribution in [0, 0.1) is 17.7 Å². The Hall–Kier alpha value is -4.31. The maximum Gasteiger partial charge on any atom is 0.378 e.